The zero-order chi connectivity index (χ0) is 13.5. The van der Waals surface area contributed by atoms with Crippen LogP contribution in [-0.4, -0.2) is 56.2 Å². The maximum atomic E-state index is 12.1. The lowest BCUT2D eigenvalue weighted by atomic mass is 10.1. The Morgan fingerprint density at radius 1 is 1.50 bits per heavy atom. The van der Waals surface area contributed by atoms with Crippen molar-refractivity contribution in [1.29, 1.82) is 0 Å². The molecule has 1 fully saturated rings. The van der Waals surface area contributed by atoms with Gasteiger partial charge in [-0.05, 0) is 13.0 Å². The summed E-state index contributed by atoms with van der Waals surface area (Å²) >= 11 is 0. The van der Waals surface area contributed by atoms with Crippen LogP contribution in [0, 0.1) is 5.92 Å². The van der Waals surface area contributed by atoms with Crippen LogP contribution in [-0.2, 0) is 9.53 Å². The van der Waals surface area contributed by atoms with Gasteiger partial charge in [-0.25, -0.2) is 4.79 Å². The van der Waals surface area contributed by atoms with E-state index in [-0.39, 0.29) is 17.9 Å². The lowest BCUT2D eigenvalue weighted by molar-refractivity contribution is -0.133. The Morgan fingerprint density at radius 3 is 2.83 bits per heavy atom. The van der Waals surface area contributed by atoms with Crippen molar-refractivity contribution in [3.8, 4) is 0 Å². The summed E-state index contributed by atoms with van der Waals surface area (Å²) in [4.78, 5) is 25.0. The molecular formula is C12H23N3O3. The van der Waals surface area contributed by atoms with Crippen molar-refractivity contribution in [3.63, 3.8) is 0 Å². The number of ether oxygens (including phenoxy) is 1. The first-order valence-corrected chi connectivity index (χ1v) is 6.42. The second kappa shape index (κ2) is 7.20. The van der Waals surface area contributed by atoms with Crippen LogP contribution in [0.1, 0.15) is 20.3 Å². The fourth-order valence-corrected chi connectivity index (χ4v) is 2.06. The van der Waals surface area contributed by atoms with E-state index in [0.29, 0.717) is 19.6 Å². The standard InChI is InChI=1S/C12H23N3O3/c1-4-13-7-9(2)11(16)15-6-5-10(8-15)14-12(17)18-3/h9-10,13H,4-8H2,1-3H3,(H,14,17). The first-order valence-electron chi connectivity index (χ1n) is 6.42. The first kappa shape index (κ1) is 14.8. The molecule has 0 aliphatic carbocycles. The average Bonchev–Trinajstić information content (AvgIpc) is 2.83. The highest BCUT2D eigenvalue weighted by atomic mass is 16.5. The minimum atomic E-state index is -0.435. The van der Waals surface area contributed by atoms with E-state index in [2.05, 4.69) is 15.4 Å². The number of nitrogens with one attached hydrogen (secondary N) is 2. The molecule has 1 saturated heterocycles. The van der Waals surface area contributed by atoms with Gasteiger partial charge >= 0.3 is 6.09 Å². The molecule has 0 saturated carbocycles. The van der Waals surface area contributed by atoms with Crippen molar-refractivity contribution >= 4 is 12.0 Å². The largest absolute Gasteiger partial charge is 0.453 e. The van der Waals surface area contributed by atoms with E-state index in [1.54, 1.807) is 0 Å². The Bertz CT molecular complexity index is 296. The van der Waals surface area contributed by atoms with E-state index in [4.69, 9.17) is 0 Å². The first-order chi connectivity index (χ1) is 8.58. The van der Waals surface area contributed by atoms with Crippen molar-refractivity contribution in [2.75, 3.05) is 33.3 Å². The number of methoxy groups -OCH3 is 1. The highest BCUT2D eigenvalue weighted by Gasteiger charge is 2.29. The van der Waals surface area contributed by atoms with Crippen LogP contribution in [0.25, 0.3) is 0 Å². The van der Waals surface area contributed by atoms with Crippen LogP contribution < -0.4 is 10.6 Å². The highest BCUT2D eigenvalue weighted by molar-refractivity contribution is 5.79. The van der Waals surface area contributed by atoms with E-state index in [0.717, 1.165) is 13.0 Å². The number of carbonyl (C=O) groups is 2. The minimum absolute atomic E-state index is 0.00716. The molecule has 1 rings (SSSR count). The number of rotatable bonds is 5. The van der Waals surface area contributed by atoms with E-state index in [9.17, 15) is 9.59 Å². The number of alkyl carbamates (subject to hydrolysis) is 1. The summed E-state index contributed by atoms with van der Waals surface area (Å²) in [7, 11) is 1.34. The van der Waals surface area contributed by atoms with Gasteiger partial charge in [0.05, 0.1) is 13.2 Å². The summed E-state index contributed by atoms with van der Waals surface area (Å²) in [6.07, 6.45) is 0.351. The van der Waals surface area contributed by atoms with E-state index >= 15 is 0 Å². The maximum absolute atomic E-state index is 12.1. The number of carbonyl (C=O) groups excluding carboxylic acids is 2. The molecule has 6 heteroatoms. The molecular weight excluding hydrogens is 234 g/mol. The second-order valence-corrected chi connectivity index (χ2v) is 4.61. The fourth-order valence-electron chi connectivity index (χ4n) is 2.06. The van der Waals surface area contributed by atoms with Gasteiger partial charge in [0.2, 0.25) is 5.91 Å². The van der Waals surface area contributed by atoms with Gasteiger partial charge in [0.15, 0.2) is 0 Å². The van der Waals surface area contributed by atoms with E-state index < -0.39 is 6.09 Å². The van der Waals surface area contributed by atoms with Crippen molar-refractivity contribution < 1.29 is 14.3 Å². The molecule has 6 nitrogen and oxygen atoms in total. The topological polar surface area (TPSA) is 70.7 Å². The van der Waals surface area contributed by atoms with Gasteiger partial charge in [-0.3, -0.25) is 4.79 Å². The van der Waals surface area contributed by atoms with Gasteiger partial charge < -0.3 is 20.3 Å². The molecule has 18 heavy (non-hydrogen) atoms. The molecule has 2 N–H and O–H groups in total. The number of nitrogens with zero attached hydrogens (tertiary/aromatic N) is 1. The third-order valence-electron chi connectivity index (χ3n) is 3.13. The Balaban J connectivity index is 2.36. The summed E-state index contributed by atoms with van der Waals surface area (Å²) in [5, 5.41) is 5.89. The van der Waals surface area contributed by atoms with Crippen LogP contribution in [0.2, 0.25) is 0 Å². The molecule has 0 aromatic carbocycles. The van der Waals surface area contributed by atoms with Crippen LogP contribution in [0.4, 0.5) is 4.79 Å². The van der Waals surface area contributed by atoms with Crippen molar-refractivity contribution in [2.24, 2.45) is 5.92 Å². The molecule has 2 amide bonds. The molecule has 2 atom stereocenters. The Kier molecular flexibility index (Phi) is 5.91. The summed E-state index contributed by atoms with van der Waals surface area (Å²) in [6, 6.07) is 0.00716. The van der Waals surface area contributed by atoms with Gasteiger partial charge in [0.25, 0.3) is 0 Å². The lowest BCUT2D eigenvalue weighted by Gasteiger charge is -2.21. The SMILES string of the molecule is CCNCC(C)C(=O)N1CCC(NC(=O)OC)C1. The summed E-state index contributed by atoms with van der Waals surface area (Å²) in [5.41, 5.74) is 0. The quantitative estimate of drug-likeness (QED) is 0.737. The summed E-state index contributed by atoms with van der Waals surface area (Å²) in [6.45, 7) is 6.77. The lowest BCUT2D eigenvalue weighted by Crippen LogP contribution is -2.41. The summed E-state index contributed by atoms with van der Waals surface area (Å²) in [5.74, 6) is 0.118. The molecule has 0 spiro atoms. The Hall–Kier alpha value is -1.30. The van der Waals surface area contributed by atoms with Gasteiger partial charge in [-0.15, -0.1) is 0 Å². The molecule has 1 heterocycles. The molecule has 0 aromatic rings. The fraction of sp³-hybridized carbons (Fsp3) is 0.833. The number of likely N-dealkylation sites (tertiary alicyclic amines) is 1. The monoisotopic (exact) mass is 257 g/mol. The highest BCUT2D eigenvalue weighted by Crippen LogP contribution is 2.12. The van der Waals surface area contributed by atoms with Crippen LogP contribution in [0.5, 0.6) is 0 Å². The van der Waals surface area contributed by atoms with Gasteiger partial charge in [0, 0.05) is 25.6 Å². The number of hydrogen-bond acceptors (Lipinski definition) is 4. The van der Waals surface area contributed by atoms with Crippen LogP contribution in [0.3, 0.4) is 0 Å². The van der Waals surface area contributed by atoms with Gasteiger partial charge in [-0.1, -0.05) is 13.8 Å². The minimum Gasteiger partial charge on any atom is -0.453 e. The number of amides is 2. The van der Waals surface area contributed by atoms with Crippen molar-refractivity contribution in [2.45, 2.75) is 26.3 Å². The molecule has 1 aliphatic heterocycles. The van der Waals surface area contributed by atoms with Crippen molar-refractivity contribution in [3.05, 3.63) is 0 Å². The third-order valence-corrected chi connectivity index (χ3v) is 3.13. The Morgan fingerprint density at radius 2 is 2.22 bits per heavy atom. The van der Waals surface area contributed by atoms with E-state index in [1.807, 2.05) is 18.7 Å². The Labute approximate surface area is 108 Å². The van der Waals surface area contributed by atoms with Gasteiger partial charge in [0.1, 0.15) is 0 Å². The average molecular weight is 257 g/mol. The van der Waals surface area contributed by atoms with Crippen LogP contribution in [0.15, 0.2) is 0 Å². The molecule has 0 radical (unpaired) electrons. The zero-order valence-corrected chi connectivity index (χ0v) is 11.4. The molecule has 2 unspecified atom stereocenters. The van der Waals surface area contributed by atoms with Crippen molar-refractivity contribution in [1.82, 2.24) is 15.5 Å². The van der Waals surface area contributed by atoms with Gasteiger partial charge in [-0.2, -0.15) is 0 Å². The predicted octanol–water partition coefficient (Wildman–Crippen LogP) is 0.189. The summed E-state index contributed by atoms with van der Waals surface area (Å²) < 4.78 is 4.54. The molecule has 104 valence electrons. The smallest absolute Gasteiger partial charge is 0.407 e. The molecule has 0 aromatic heterocycles. The zero-order valence-electron chi connectivity index (χ0n) is 11.4. The normalized spacial score (nSPS) is 20.6. The second-order valence-electron chi connectivity index (χ2n) is 4.61. The molecule has 0 bridgehead atoms. The molecule has 1 aliphatic rings. The number of hydrogen-bond donors (Lipinski definition) is 2. The van der Waals surface area contributed by atoms with E-state index in [1.165, 1.54) is 7.11 Å². The predicted molar refractivity (Wildman–Crippen MR) is 68.2 cm³/mol. The maximum Gasteiger partial charge on any atom is 0.407 e. The third kappa shape index (κ3) is 4.18. The van der Waals surface area contributed by atoms with Crippen LogP contribution >= 0.6 is 0 Å².